The van der Waals surface area contributed by atoms with Crippen LogP contribution in [0.15, 0.2) is 0 Å². The first-order valence-electron chi connectivity index (χ1n) is 7.98. The summed E-state index contributed by atoms with van der Waals surface area (Å²) in [5.41, 5.74) is -0.435. The summed E-state index contributed by atoms with van der Waals surface area (Å²) in [4.78, 5) is 11.9. The minimum atomic E-state index is -0.435. The number of hydrogen-bond acceptors (Lipinski definition) is 3. The van der Waals surface area contributed by atoms with Crippen molar-refractivity contribution in [2.75, 3.05) is 0 Å². The van der Waals surface area contributed by atoms with Crippen molar-refractivity contribution < 1.29 is 9.53 Å². The molecule has 1 aliphatic carbocycles. The van der Waals surface area contributed by atoms with E-state index in [1.54, 1.807) is 0 Å². The molecular formula is C16H32N2O2. The van der Waals surface area contributed by atoms with Crippen molar-refractivity contribution >= 4 is 6.09 Å². The molecule has 0 bridgehead atoms. The van der Waals surface area contributed by atoms with Gasteiger partial charge in [-0.25, -0.2) is 4.79 Å². The van der Waals surface area contributed by atoms with Gasteiger partial charge in [0.05, 0.1) is 0 Å². The molecule has 20 heavy (non-hydrogen) atoms. The van der Waals surface area contributed by atoms with Crippen LogP contribution in [0.1, 0.15) is 67.2 Å². The molecule has 1 aliphatic rings. The van der Waals surface area contributed by atoms with Crippen LogP contribution in [0.4, 0.5) is 4.79 Å². The lowest BCUT2D eigenvalue weighted by Crippen LogP contribution is -2.51. The van der Waals surface area contributed by atoms with E-state index in [0.29, 0.717) is 18.0 Å². The minimum Gasteiger partial charge on any atom is -0.444 e. The van der Waals surface area contributed by atoms with Gasteiger partial charge >= 0.3 is 6.09 Å². The topological polar surface area (TPSA) is 50.4 Å². The Hall–Kier alpha value is -0.770. The predicted molar refractivity (Wildman–Crippen MR) is 82.8 cm³/mol. The Morgan fingerprint density at radius 1 is 1.25 bits per heavy atom. The molecule has 0 spiro atoms. The molecular weight excluding hydrogens is 252 g/mol. The van der Waals surface area contributed by atoms with Crippen molar-refractivity contribution in [3.8, 4) is 0 Å². The van der Waals surface area contributed by atoms with E-state index in [2.05, 4.69) is 31.4 Å². The second kappa shape index (κ2) is 7.30. The number of carbonyl (C=O) groups is 1. The van der Waals surface area contributed by atoms with E-state index in [1.807, 2.05) is 20.8 Å². The molecule has 0 heterocycles. The first-order valence-corrected chi connectivity index (χ1v) is 7.98. The number of ether oxygens (including phenoxy) is 1. The van der Waals surface area contributed by atoms with Gasteiger partial charge in [-0.1, -0.05) is 20.3 Å². The van der Waals surface area contributed by atoms with Gasteiger partial charge in [0.15, 0.2) is 0 Å². The van der Waals surface area contributed by atoms with E-state index >= 15 is 0 Å². The fourth-order valence-electron chi connectivity index (χ4n) is 2.65. The van der Waals surface area contributed by atoms with Crippen LogP contribution in [0.25, 0.3) is 0 Å². The van der Waals surface area contributed by atoms with Gasteiger partial charge in [0.25, 0.3) is 0 Å². The lowest BCUT2D eigenvalue weighted by atomic mass is 9.99. The average Bonchev–Trinajstić information content (AvgIpc) is 2.72. The molecule has 0 aliphatic heterocycles. The van der Waals surface area contributed by atoms with Crippen molar-refractivity contribution in [2.24, 2.45) is 5.92 Å². The van der Waals surface area contributed by atoms with Crippen molar-refractivity contribution in [2.45, 2.75) is 91.0 Å². The molecule has 0 saturated heterocycles. The predicted octanol–water partition coefficient (Wildman–Crippen LogP) is 3.46. The van der Waals surface area contributed by atoms with Gasteiger partial charge in [-0.3, -0.25) is 0 Å². The molecule has 1 rings (SSSR count). The quantitative estimate of drug-likeness (QED) is 0.813. The highest BCUT2D eigenvalue weighted by Gasteiger charge is 2.31. The molecule has 4 heteroatoms. The average molecular weight is 284 g/mol. The van der Waals surface area contributed by atoms with Crippen LogP contribution in [0.5, 0.6) is 0 Å². The number of nitrogens with one attached hydrogen (secondary N) is 2. The van der Waals surface area contributed by atoms with E-state index < -0.39 is 5.60 Å². The highest BCUT2D eigenvalue weighted by molar-refractivity contribution is 5.68. The van der Waals surface area contributed by atoms with Gasteiger partial charge in [-0.2, -0.15) is 0 Å². The molecule has 0 aromatic rings. The first-order chi connectivity index (χ1) is 9.23. The van der Waals surface area contributed by atoms with Crippen LogP contribution >= 0.6 is 0 Å². The summed E-state index contributed by atoms with van der Waals surface area (Å²) in [6.45, 7) is 12.4. The van der Waals surface area contributed by atoms with E-state index in [4.69, 9.17) is 4.74 Å². The standard InChI is InChI=1S/C16H32N2O2/c1-7-11(2)12(3)17-13-9-8-10-14(13)18-15(19)20-16(4,5)6/h11-14,17H,7-10H2,1-6H3,(H,18,19). The molecule has 4 unspecified atom stereocenters. The molecule has 1 saturated carbocycles. The van der Waals surface area contributed by atoms with Crippen molar-refractivity contribution in [1.29, 1.82) is 0 Å². The van der Waals surface area contributed by atoms with Crippen LogP contribution < -0.4 is 10.6 Å². The molecule has 4 nitrogen and oxygen atoms in total. The van der Waals surface area contributed by atoms with Gasteiger partial charge in [0.2, 0.25) is 0 Å². The maximum absolute atomic E-state index is 11.9. The SMILES string of the molecule is CCC(C)C(C)NC1CCCC1NC(=O)OC(C)(C)C. The summed E-state index contributed by atoms with van der Waals surface area (Å²) in [7, 11) is 0. The van der Waals surface area contributed by atoms with E-state index in [9.17, 15) is 4.79 Å². The Labute approximate surface area is 124 Å². The second-order valence-electron chi connectivity index (χ2n) is 7.13. The van der Waals surface area contributed by atoms with Gasteiger partial charge in [-0.15, -0.1) is 0 Å². The Kier molecular flexibility index (Phi) is 6.31. The third kappa shape index (κ3) is 5.70. The molecule has 1 amide bonds. The molecule has 4 atom stereocenters. The van der Waals surface area contributed by atoms with Crippen LogP contribution in [-0.4, -0.2) is 29.8 Å². The maximum Gasteiger partial charge on any atom is 0.407 e. The highest BCUT2D eigenvalue weighted by atomic mass is 16.6. The molecule has 1 fully saturated rings. The molecule has 0 radical (unpaired) electrons. The zero-order chi connectivity index (χ0) is 15.3. The number of hydrogen-bond donors (Lipinski definition) is 2. The minimum absolute atomic E-state index is 0.191. The molecule has 118 valence electrons. The number of carbonyl (C=O) groups excluding carboxylic acids is 1. The fraction of sp³-hybridized carbons (Fsp3) is 0.938. The van der Waals surface area contributed by atoms with E-state index in [0.717, 1.165) is 19.3 Å². The van der Waals surface area contributed by atoms with Crippen LogP contribution in [-0.2, 0) is 4.74 Å². The van der Waals surface area contributed by atoms with Gasteiger partial charge in [0, 0.05) is 18.1 Å². The van der Waals surface area contributed by atoms with E-state index in [1.165, 1.54) is 6.42 Å². The Morgan fingerprint density at radius 2 is 1.85 bits per heavy atom. The monoisotopic (exact) mass is 284 g/mol. The lowest BCUT2D eigenvalue weighted by Gasteiger charge is -2.29. The van der Waals surface area contributed by atoms with E-state index in [-0.39, 0.29) is 12.1 Å². The summed E-state index contributed by atoms with van der Waals surface area (Å²) >= 11 is 0. The summed E-state index contributed by atoms with van der Waals surface area (Å²) < 4.78 is 5.34. The van der Waals surface area contributed by atoms with Crippen LogP contribution in [0.3, 0.4) is 0 Å². The van der Waals surface area contributed by atoms with Crippen molar-refractivity contribution in [3.63, 3.8) is 0 Å². The van der Waals surface area contributed by atoms with Crippen molar-refractivity contribution in [1.82, 2.24) is 10.6 Å². The summed E-state index contributed by atoms with van der Waals surface area (Å²) in [6.07, 6.45) is 4.19. The molecule has 2 N–H and O–H groups in total. The summed E-state index contributed by atoms with van der Waals surface area (Å²) in [5, 5.41) is 6.70. The summed E-state index contributed by atoms with van der Waals surface area (Å²) in [6, 6.07) is 1.04. The Balaban J connectivity index is 2.47. The Morgan fingerprint density at radius 3 is 2.40 bits per heavy atom. The third-order valence-corrected chi connectivity index (χ3v) is 4.19. The second-order valence-corrected chi connectivity index (χ2v) is 7.13. The first kappa shape index (κ1) is 17.3. The molecule has 0 aromatic carbocycles. The highest BCUT2D eigenvalue weighted by Crippen LogP contribution is 2.21. The number of alkyl carbamates (subject to hydrolysis) is 1. The fourth-order valence-corrected chi connectivity index (χ4v) is 2.65. The zero-order valence-electron chi connectivity index (χ0n) is 14.0. The normalized spacial score (nSPS) is 26.1. The maximum atomic E-state index is 11.9. The van der Waals surface area contributed by atoms with Crippen LogP contribution in [0, 0.1) is 5.92 Å². The van der Waals surface area contributed by atoms with Gasteiger partial charge < -0.3 is 15.4 Å². The lowest BCUT2D eigenvalue weighted by molar-refractivity contribution is 0.0496. The summed E-state index contributed by atoms with van der Waals surface area (Å²) in [5.74, 6) is 0.651. The zero-order valence-corrected chi connectivity index (χ0v) is 14.0. The number of amides is 1. The largest absolute Gasteiger partial charge is 0.444 e. The van der Waals surface area contributed by atoms with Crippen molar-refractivity contribution in [3.05, 3.63) is 0 Å². The third-order valence-electron chi connectivity index (χ3n) is 4.19. The Bertz CT molecular complexity index is 312. The van der Waals surface area contributed by atoms with Gasteiger partial charge in [-0.05, 0) is 52.9 Å². The number of rotatable bonds is 5. The van der Waals surface area contributed by atoms with Crippen LogP contribution in [0.2, 0.25) is 0 Å². The molecule has 0 aromatic heterocycles. The van der Waals surface area contributed by atoms with Gasteiger partial charge in [0.1, 0.15) is 5.60 Å². The smallest absolute Gasteiger partial charge is 0.407 e.